The van der Waals surface area contributed by atoms with E-state index in [-0.39, 0.29) is 23.1 Å². The van der Waals surface area contributed by atoms with Gasteiger partial charge in [0.05, 0.1) is 29.1 Å². The van der Waals surface area contributed by atoms with E-state index in [1.54, 1.807) is 37.3 Å². The Labute approximate surface area is 214 Å². The molecule has 0 heterocycles. The van der Waals surface area contributed by atoms with Gasteiger partial charge in [-0.15, -0.1) is 0 Å². The number of rotatable bonds is 7. The van der Waals surface area contributed by atoms with E-state index in [0.29, 0.717) is 28.8 Å². The molecule has 0 radical (unpaired) electrons. The van der Waals surface area contributed by atoms with Gasteiger partial charge in [-0.2, -0.15) is 18.3 Å². The molecule has 0 unspecified atom stereocenters. The van der Waals surface area contributed by atoms with E-state index in [4.69, 9.17) is 21.1 Å². The zero-order chi connectivity index (χ0) is 27.2. The van der Waals surface area contributed by atoms with Crippen molar-refractivity contribution in [3.8, 4) is 11.5 Å². The van der Waals surface area contributed by atoms with E-state index in [1.165, 1.54) is 19.2 Å². The maximum absolute atomic E-state index is 13.1. The molecule has 0 spiro atoms. The fourth-order valence-electron chi connectivity index (χ4n) is 2.98. The lowest BCUT2D eigenvalue weighted by molar-refractivity contribution is -0.137. The summed E-state index contributed by atoms with van der Waals surface area (Å²) >= 11 is 5.83. The fraction of sp³-hybridized carbons (Fsp3) is 0.160. The number of nitrogens with one attached hydrogen (secondary N) is 2. The summed E-state index contributed by atoms with van der Waals surface area (Å²) < 4.78 is 62.8. The molecule has 0 bridgehead atoms. The summed E-state index contributed by atoms with van der Waals surface area (Å²) in [6.07, 6.45) is -4.66. The lowest BCUT2D eigenvalue weighted by Gasteiger charge is -2.13. The van der Waals surface area contributed by atoms with Crippen LogP contribution in [-0.4, -0.2) is 24.6 Å². The van der Waals surface area contributed by atoms with Crippen molar-refractivity contribution in [1.29, 1.82) is 0 Å². The van der Waals surface area contributed by atoms with Crippen LogP contribution < -0.4 is 20.2 Å². The van der Waals surface area contributed by atoms with Crippen LogP contribution in [0.5, 0.6) is 11.5 Å². The van der Waals surface area contributed by atoms with Crippen molar-refractivity contribution in [3.63, 3.8) is 0 Å². The SMILES string of the molecule is COc1cc(/C(C)=N/NC(=O)C(=O)Nc2cc(C(F)(F)F)ccc2Cl)ccc1OCc1ccc(F)cc1. The maximum Gasteiger partial charge on any atom is 0.416 e. The third kappa shape index (κ3) is 7.43. The number of hydrogen-bond donors (Lipinski definition) is 2. The first-order valence-corrected chi connectivity index (χ1v) is 10.9. The van der Waals surface area contributed by atoms with Crippen molar-refractivity contribution in [2.75, 3.05) is 12.4 Å². The number of halogens is 5. The van der Waals surface area contributed by atoms with E-state index in [0.717, 1.165) is 17.7 Å². The van der Waals surface area contributed by atoms with Gasteiger partial charge in [-0.1, -0.05) is 23.7 Å². The highest BCUT2D eigenvalue weighted by atomic mass is 35.5. The molecule has 0 saturated heterocycles. The average molecular weight is 538 g/mol. The molecule has 0 fully saturated rings. The van der Waals surface area contributed by atoms with Crippen LogP contribution in [0.2, 0.25) is 5.02 Å². The fourth-order valence-corrected chi connectivity index (χ4v) is 3.14. The van der Waals surface area contributed by atoms with E-state index in [1.807, 2.05) is 10.7 Å². The van der Waals surface area contributed by atoms with Crippen molar-refractivity contribution >= 4 is 34.8 Å². The molecule has 0 aliphatic rings. The van der Waals surface area contributed by atoms with Crippen LogP contribution in [0.3, 0.4) is 0 Å². The van der Waals surface area contributed by atoms with E-state index in [9.17, 15) is 27.2 Å². The Bertz CT molecular complexity index is 1330. The molecule has 2 N–H and O–H groups in total. The Morgan fingerprint density at radius 2 is 1.68 bits per heavy atom. The normalized spacial score (nSPS) is 11.6. The van der Waals surface area contributed by atoms with Crippen LogP contribution in [0, 0.1) is 5.82 Å². The van der Waals surface area contributed by atoms with Gasteiger partial charge in [0.25, 0.3) is 0 Å². The number of methoxy groups -OCH3 is 1. The Morgan fingerprint density at radius 3 is 2.32 bits per heavy atom. The van der Waals surface area contributed by atoms with Gasteiger partial charge in [0, 0.05) is 5.56 Å². The largest absolute Gasteiger partial charge is 0.493 e. The lowest BCUT2D eigenvalue weighted by Crippen LogP contribution is -2.33. The van der Waals surface area contributed by atoms with E-state index < -0.39 is 23.6 Å². The number of amides is 2. The van der Waals surface area contributed by atoms with Gasteiger partial charge in [0.2, 0.25) is 0 Å². The molecule has 0 saturated carbocycles. The highest BCUT2D eigenvalue weighted by Crippen LogP contribution is 2.34. The monoisotopic (exact) mass is 537 g/mol. The van der Waals surface area contributed by atoms with Crippen LogP contribution >= 0.6 is 11.6 Å². The quantitative estimate of drug-likeness (QED) is 0.179. The smallest absolute Gasteiger partial charge is 0.416 e. The van der Waals surface area contributed by atoms with Crippen LogP contribution in [0.15, 0.2) is 65.8 Å². The Balaban J connectivity index is 1.64. The Morgan fingerprint density at radius 1 is 0.973 bits per heavy atom. The second kappa shape index (κ2) is 11.7. The number of carbonyl (C=O) groups excluding carboxylic acids is 2. The summed E-state index contributed by atoms with van der Waals surface area (Å²) in [6.45, 7) is 1.72. The molecule has 7 nitrogen and oxygen atoms in total. The highest BCUT2D eigenvalue weighted by Gasteiger charge is 2.31. The minimum Gasteiger partial charge on any atom is -0.493 e. The first-order chi connectivity index (χ1) is 17.5. The minimum atomic E-state index is -4.66. The standard InChI is InChI=1S/C25H20ClF4N3O4/c1-14(16-5-10-21(22(11-16)36-2)37-13-15-3-7-18(27)8-4-15)32-33-24(35)23(34)31-20-12-17(25(28,29)30)6-9-19(20)26/h3-12H,13H2,1-2H3,(H,31,34)(H,33,35)/b32-14+. The summed E-state index contributed by atoms with van der Waals surface area (Å²) in [5.74, 6) is -2.08. The highest BCUT2D eigenvalue weighted by molar-refractivity contribution is 6.41. The minimum absolute atomic E-state index is 0.171. The molecule has 3 aromatic carbocycles. The zero-order valence-electron chi connectivity index (χ0n) is 19.5. The van der Waals surface area contributed by atoms with Crippen molar-refractivity contribution in [1.82, 2.24) is 5.43 Å². The summed E-state index contributed by atoms with van der Waals surface area (Å²) in [4.78, 5) is 24.3. The number of hydrazone groups is 1. The van der Waals surface area contributed by atoms with E-state index in [2.05, 4.69) is 5.10 Å². The van der Waals surface area contributed by atoms with Gasteiger partial charge in [-0.05, 0) is 61.0 Å². The number of carbonyl (C=O) groups is 2. The number of hydrogen-bond acceptors (Lipinski definition) is 5. The van der Waals surface area contributed by atoms with Crippen molar-refractivity contribution < 1.29 is 36.6 Å². The van der Waals surface area contributed by atoms with Gasteiger partial charge < -0.3 is 14.8 Å². The van der Waals surface area contributed by atoms with Gasteiger partial charge >= 0.3 is 18.0 Å². The first kappa shape index (κ1) is 27.5. The van der Waals surface area contributed by atoms with Crippen LogP contribution in [0.25, 0.3) is 0 Å². The van der Waals surface area contributed by atoms with E-state index >= 15 is 0 Å². The predicted molar refractivity (Wildman–Crippen MR) is 129 cm³/mol. The second-order valence-electron chi connectivity index (χ2n) is 7.57. The third-order valence-electron chi connectivity index (χ3n) is 4.96. The molecule has 0 aromatic heterocycles. The first-order valence-electron chi connectivity index (χ1n) is 10.6. The topological polar surface area (TPSA) is 89.0 Å². The average Bonchev–Trinajstić information content (AvgIpc) is 2.87. The van der Waals surface area contributed by atoms with Gasteiger partial charge in [0.1, 0.15) is 12.4 Å². The zero-order valence-corrected chi connectivity index (χ0v) is 20.2. The summed E-state index contributed by atoms with van der Waals surface area (Å²) in [7, 11) is 1.43. The number of ether oxygens (including phenoxy) is 2. The number of nitrogens with zero attached hydrogens (tertiary/aromatic N) is 1. The summed E-state index contributed by atoms with van der Waals surface area (Å²) in [5.41, 5.74) is 2.18. The van der Waals surface area contributed by atoms with Crippen molar-refractivity contribution in [2.45, 2.75) is 19.7 Å². The molecule has 37 heavy (non-hydrogen) atoms. The predicted octanol–water partition coefficient (Wildman–Crippen LogP) is 5.56. The lowest BCUT2D eigenvalue weighted by atomic mass is 10.1. The van der Waals surface area contributed by atoms with Crippen molar-refractivity contribution in [2.24, 2.45) is 5.10 Å². The molecule has 3 aromatic rings. The molecule has 0 aliphatic carbocycles. The molecule has 194 valence electrons. The number of alkyl halides is 3. The number of benzene rings is 3. The molecule has 3 rings (SSSR count). The second-order valence-corrected chi connectivity index (χ2v) is 7.97. The molecule has 0 aliphatic heterocycles. The molecular weight excluding hydrogens is 518 g/mol. The van der Waals surface area contributed by atoms with Gasteiger partial charge in [-0.25, -0.2) is 9.82 Å². The summed E-state index contributed by atoms with van der Waals surface area (Å²) in [5, 5.41) is 5.71. The van der Waals surface area contributed by atoms with Crippen LogP contribution in [-0.2, 0) is 22.4 Å². The summed E-state index contributed by atoms with van der Waals surface area (Å²) in [6, 6.07) is 13.0. The molecule has 0 atom stereocenters. The van der Waals surface area contributed by atoms with Gasteiger partial charge in [-0.3, -0.25) is 9.59 Å². The van der Waals surface area contributed by atoms with Crippen LogP contribution in [0.1, 0.15) is 23.6 Å². The van der Waals surface area contributed by atoms with Gasteiger partial charge in [0.15, 0.2) is 11.5 Å². The molecular formula is C25H20ClF4N3O4. The third-order valence-corrected chi connectivity index (χ3v) is 5.29. The number of anilines is 1. The molecule has 12 heteroatoms. The van der Waals surface area contributed by atoms with Crippen LogP contribution in [0.4, 0.5) is 23.2 Å². The molecule has 2 amide bonds. The maximum atomic E-state index is 13.1. The van der Waals surface area contributed by atoms with Crippen molar-refractivity contribution in [3.05, 3.63) is 88.2 Å². The Kier molecular flexibility index (Phi) is 8.72. The Hall–Kier alpha value is -4.12.